The number of fused-ring (bicyclic) bond motifs is 2. The summed E-state index contributed by atoms with van der Waals surface area (Å²) >= 11 is 0. The third-order valence-corrected chi connectivity index (χ3v) is 24.7. The number of benzene rings is 4. The normalized spacial score (nSPS) is 16.9. The molecule has 14 nitrogen and oxygen atoms in total. The zero-order valence-electron chi connectivity index (χ0n) is 51.1. The van der Waals surface area contributed by atoms with Crippen molar-refractivity contribution < 1.29 is 37.1 Å². The summed E-state index contributed by atoms with van der Waals surface area (Å²) in [6.45, 7) is 22.2. The van der Waals surface area contributed by atoms with Crippen LogP contribution in [0.25, 0.3) is 11.3 Å². The van der Waals surface area contributed by atoms with Gasteiger partial charge in [0.15, 0.2) is 0 Å². The molecule has 2 fully saturated rings. The van der Waals surface area contributed by atoms with Crippen molar-refractivity contribution in [2.45, 2.75) is 136 Å². The van der Waals surface area contributed by atoms with E-state index in [9.17, 15) is 18.8 Å². The van der Waals surface area contributed by atoms with Crippen molar-refractivity contribution >= 4 is 37.4 Å². The van der Waals surface area contributed by atoms with Gasteiger partial charge in [0.05, 0.1) is 30.9 Å². The zero-order valence-corrected chi connectivity index (χ0v) is 52.1. The van der Waals surface area contributed by atoms with E-state index >= 15 is 9.59 Å². The van der Waals surface area contributed by atoms with Crippen molar-refractivity contribution in [1.82, 2.24) is 28.7 Å². The number of likely N-dealkylation sites (tertiary alicyclic amines) is 1. The van der Waals surface area contributed by atoms with E-state index in [2.05, 4.69) is 75.6 Å². The van der Waals surface area contributed by atoms with E-state index in [1.165, 1.54) is 29.9 Å². The molecule has 0 radical (unpaired) electrons. The Bertz CT molecular complexity index is 3390. The van der Waals surface area contributed by atoms with Gasteiger partial charge in [0.2, 0.25) is 5.91 Å². The summed E-state index contributed by atoms with van der Waals surface area (Å²) in [7, 11) is -0.498. The Morgan fingerprint density at radius 1 is 0.741 bits per heavy atom. The molecule has 0 unspecified atom stereocenters. The maximum Gasteiger partial charge on any atom is 0.319 e. The number of hydrogen-bond donors (Lipinski definition) is 0. The van der Waals surface area contributed by atoms with Crippen LogP contribution < -0.4 is 14.1 Å². The molecule has 17 heteroatoms. The van der Waals surface area contributed by atoms with Gasteiger partial charge in [0.25, 0.3) is 20.1 Å². The van der Waals surface area contributed by atoms with Crippen molar-refractivity contribution in [2.75, 3.05) is 70.5 Å². The van der Waals surface area contributed by atoms with Crippen LogP contribution in [-0.4, -0.2) is 126 Å². The maximum absolute atomic E-state index is 16.0. The van der Waals surface area contributed by atoms with Crippen LogP contribution in [0, 0.1) is 25.2 Å². The lowest BCUT2D eigenvalue weighted by atomic mass is 9.89. The molecule has 0 aliphatic carbocycles. The lowest BCUT2D eigenvalue weighted by molar-refractivity contribution is -0.131. The van der Waals surface area contributed by atoms with Gasteiger partial charge in [-0.15, -0.1) is 0 Å². The molecule has 10 rings (SSSR count). The number of aromatic nitrogens is 2. The number of halogens is 2. The Labute approximate surface area is 502 Å². The second kappa shape index (κ2) is 26.3. The van der Waals surface area contributed by atoms with Gasteiger partial charge < -0.3 is 33.2 Å². The predicted molar refractivity (Wildman–Crippen MR) is 331 cm³/mol. The summed E-state index contributed by atoms with van der Waals surface area (Å²) in [5.41, 5.74) is 9.01. The van der Waals surface area contributed by atoms with E-state index in [0.29, 0.717) is 99.8 Å². The van der Waals surface area contributed by atoms with E-state index < -0.39 is 20.8 Å². The van der Waals surface area contributed by atoms with Gasteiger partial charge in [-0.05, 0) is 158 Å². The molecule has 85 heavy (non-hydrogen) atoms. The molecule has 6 heterocycles. The van der Waals surface area contributed by atoms with Gasteiger partial charge in [-0.2, -0.15) is 14.0 Å². The number of morpholine rings is 1. The molecule has 4 aliphatic rings. The first kappa shape index (κ1) is 61.0. The number of carbonyl (C=O) groups is 3. The van der Waals surface area contributed by atoms with E-state index in [4.69, 9.17) is 13.9 Å². The lowest BCUT2D eigenvalue weighted by Crippen LogP contribution is -2.51. The van der Waals surface area contributed by atoms with Crippen molar-refractivity contribution in [3.05, 3.63) is 153 Å². The third kappa shape index (κ3) is 12.8. The molecule has 6 aromatic rings. The number of anilines is 2. The Hall–Kier alpha value is -7.10. The fourth-order valence-electron chi connectivity index (χ4n) is 14.0. The van der Waals surface area contributed by atoms with Gasteiger partial charge in [0.1, 0.15) is 29.9 Å². The van der Waals surface area contributed by atoms with Crippen molar-refractivity contribution in [1.29, 1.82) is 5.26 Å². The van der Waals surface area contributed by atoms with Crippen LogP contribution in [0.1, 0.15) is 133 Å². The zero-order chi connectivity index (χ0) is 60.3. The molecule has 1 atom stereocenters. The van der Waals surface area contributed by atoms with Crippen LogP contribution in [0.3, 0.4) is 0 Å². The quantitative estimate of drug-likeness (QED) is 0.0728. The fraction of sp³-hybridized carbons (Fsp3) is 0.471. The Morgan fingerprint density at radius 3 is 2.06 bits per heavy atom. The van der Waals surface area contributed by atoms with Crippen LogP contribution in [-0.2, 0) is 48.9 Å². The van der Waals surface area contributed by atoms with E-state index in [1.807, 2.05) is 89.0 Å². The summed E-state index contributed by atoms with van der Waals surface area (Å²) in [5, 5.41) is 10.2. The van der Waals surface area contributed by atoms with Gasteiger partial charge >= 0.3 is 6.55 Å². The van der Waals surface area contributed by atoms with Gasteiger partial charge in [-0.25, -0.2) is 0 Å². The summed E-state index contributed by atoms with van der Waals surface area (Å²) in [4.78, 5) is 56.2. The molecule has 450 valence electrons. The predicted octanol–water partition coefficient (Wildman–Crippen LogP) is 12.8. The maximum atomic E-state index is 16.0. The Balaban J connectivity index is 1.01. The first-order chi connectivity index (χ1) is 40.9. The number of nitriles is 1. The SMILES string of the molecule is Cc1c(C(=O)N(c2ccc(O[Si](C(C)C)(C(C)C)C(C)C)cc2)c2cc(C#N)n(C(F)F)c2C)cc(-c2cc3c(cc2C(=O)N2Cc4ccccc4C[C@H]2CN2CCCCC2)CN(C(=O)Cc2ccc(OCCN4CCOCC4)cc2)CC3)n1C. The summed E-state index contributed by atoms with van der Waals surface area (Å²) < 4.78 is 50.8. The van der Waals surface area contributed by atoms with Crippen LogP contribution in [0.4, 0.5) is 20.2 Å². The molecule has 4 aromatic carbocycles. The standard InChI is InChI=1S/C68H84F2N8O6Si/c1-45(2)85(46(3)4,47(5)6)84-59-23-19-55(20-24-59)78(63-39-56(41-71)77(49(63)8)68(69)70)67(81)60-40-64(72(9)48(60)7)61-37-52-25-28-75(65(79)35-50-17-21-58(22-18-50)83-34-31-73-29-32-82-33-30-73)42-54(52)38-62(61)66(80)76-43-53-16-12-11-15-51(53)36-57(76)44-74-26-13-10-14-27-74/h11-12,15-24,37-40,45-47,57,68H,10,13-14,25-36,42-44H2,1-9H3/t57-/m0/s1. The molecular formula is C68H84F2N8O6Si. The van der Waals surface area contributed by atoms with E-state index in [-0.39, 0.29) is 41.4 Å². The highest BCUT2D eigenvalue weighted by Crippen LogP contribution is 2.44. The monoisotopic (exact) mass is 1170 g/mol. The van der Waals surface area contributed by atoms with Crippen LogP contribution in [0.5, 0.6) is 11.5 Å². The second-order valence-corrected chi connectivity index (χ2v) is 30.1. The highest BCUT2D eigenvalue weighted by molar-refractivity contribution is 6.78. The number of carbonyl (C=O) groups excluding carboxylic acids is 3. The molecule has 0 N–H and O–H groups in total. The molecule has 4 aliphatic heterocycles. The van der Waals surface area contributed by atoms with Crippen molar-refractivity contribution in [3.63, 3.8) is 0 Å². The van der Waals surface area contributed by atoms with Gasteiger partial charge in [-0.1, -0.05) is 84.4 Å². The van der Waals surface area contributed by atoms with Crippen LogP contribution >= 0.6 is 0 Å². The minimum atomic E-state index is -3.03. The highest BCUT2D eigenvalue weighted by Gasteiger charge is 2.47. The first-order valence-electron chi connectivity index (χ1n) is 30.6. The smallest absolute Gasteiger partial charge is 0.319 e. The second-order valence-electron chi connectivity index (χ2n) is 24.7. The molecule has 3 amide bonds. The number of hydrogen-bond acceptors (Lipinski definition) is 9. The van der Waals surface area contributed by atoms with Crippen molar-refractivity contribution in [2.24, 2.45) is 7.05 Å². The minimum Gasteiger partial charge on any atom is -0.543 e. The lowest BCUT2D eigenvalue weighted by Gasteiger charge is -2.42. The molecular weight excluding hydrogens is 1090 g/mol. The molecule has 0 spiro atoms. The number of nitrogens with zero attached hydrogens (tertiary/aromatic N) is 8. The Kier molecular flexibility index (Phi) is 18.8. The number of ether oxygens (including phenoxy) is 2. The van der Waals surface area contributed by atoms with Crippen LogP contribution in [0.15, 0.2) is 97.1 Å². The van der Waals surface area contributed by atoms with E-state index in [1.54, 1.807) is 12.1 Å². The number of alkyl halides is 2. The number of piperidine rings is 1. The fourth-order valence-corrected chi connectivity index (χ4v) is 19.2. The summed E-state index contributed by atoms with van der Waals surface area (Å²) in [6.07, 6.45) is 4.91. The van der Waals surface area contributed by atoms with Gasteiger partial charge in [-0.3, -0.25) is 28.8 Å². The van der Waals surface area contributed by atoms with Crippen LogP contribution in [0.2, 0.25) is 16.6 Å². The van der Waals surface area contributed by atoms with E-state index in [0.717, 1.165) is 93.3 Å². The molecule has 2 aromatic heterocycles. The minimum absolute atomic E-state index is 0.0107. The van der Waals surface area contributed by atoms with Gasteiger partial charge in [0, 0.05) is 92.8 Å². The third-order valence-electron chi connectivity index (χ3n) is 18.7. The largest absolute Gasteiger partial charge is 0.543 e. The number of rotatable bonds is 19. The Morgan fingerprint density at radius 2 is 1.41 bits per heavy atom. The average molecular weight is 1180 g/mol. The number of amides is 3. The first-order valence-corrected chi connectivity index (χ1v) is 32.8. The average Bonchev–Trinajstić information content (AvgIpc) is 2.00. The molecule has 0 bridgehead atoms. The molecule has 2 saturated heterocycles. The highest BCUT2D eigenvalue weighted by atomic mass is 28.4. The summed E-state index contributed by atoms with van der Waals surface area (Å²) in [6, 6.07) is 32.4. The summed E-state index contributed by atoms with van der Waals surface area (Å²) in [5.74, 6) is 0.781. The molecule has 0 saturated carbocycles. The topological polar surface area (TPSA) is 129 Å². The van der Waals surface area contributed by atoms with Crippen molar-refractivity contribution in [3.8, 4) is 28.8 Å².